The van der Waals surface area contributed by atoms with Crippen molar-refractivity contribution in [3.05, 3.63) is 113 Å². The number of rotatable bonds is 10. The number of ether oxygens (including phenoxy) is 3. The molecule has 3 aromatic carbocycles. The zero-order valence-corrected chi connectivity index (χ0v) is 19.2. The van der Waals surface area contributed by atoms with E-state index in [0.29, 0.717) is 41.7 Å². The normalized spacial score (nSPS) is 11.1. The van der Waals surface area contributed by atoms with Crippen LogP contribution in [0.1, 0.15) is 36.1 Å². The molecule has 0 aromatic heterocycles. The lowest BCUT2D eigenvalue weighted by molar-refractivity contribution is 0.300. The summed E-state index contributed by atoms with van der Waals surface area (Å²) in [6, 6.07) is 19.4. The Morgan fingerprint density at radius 1 is 0.970 bits per heavy atom. The van der Waals surface area contributed by atoms with Crippen LogP contribution in [0.3, 0.4) is 0 Å². The summed E-state index contributed by atoms with van der Waals surface area (Å²) in [6.07, 6.45) is 1.57. The van der Waals surface area contributed by atoms with Gasteiger partial charge in [0, 0.05) is 22.9 Å². The molecule has 1 N–H and O–H groups in total. The third-order valence-electron chi connectivity index (χ3n) is 4.97. The van der Waals surface area contributed by atoms with Crippen LogP contribution in [0.4, 0.5) is 4.39 Å². The average molecular weight is 446 g/mol. The summed E-state index contributed by atoms with van der Waals surface area (Å²) in [7, 11) is 0. The number of nitrogens with one attached hydrogen (secondary N) is 1. The second kappa shape index (κ2) is 11.1. The molecule has 0 aliphatic rings. The SMILES string of the molecule is C=C(O/C=C(\C)COc1cccc(OCc2cccc(C)c2C(C)=N)c1)c1ccc(F)cc1. The predicted octanol–water partition coefficient (Wildman–Crippen LogP) is 7.07. The average Bonchev–Trinajstić information content (AvgIpc) is 2.80. The van der Waals surface area contributed by atoms with E-state index in [-0.39, 0.29) is 5.82 Å². The summed E-state index contributed by atoms with van der Waals surface area (Å²) in [4.78, 5) is 0. The van der Waals surface area contributed by atoms with Crippen LogP contribution in [0.15, 0.2) is 85.1 Å². The molecule has 0 radical (unpaired) electrons. The molecule has 0 bridgehead atoms. The lowest BCUT2D eigenvalue weighted by Crippen LogP contribution is -2.06. The molecule has 4 nitrogen and oxygen atoms in total. The largest absolute Gasteiger partial charge is 0.489 e. The standard InChI is InChI=1S/C28H28FNO3/c1-19(16-31-22(4)23-11-13-25(29)14-12-23)17-32-26-9-6-10-27(15-26)33-18-24-8-5-7-20(2)28(24)21(3)30/h5-16,30H,4,17-18H2,1-3H3/b19-16+,30-21?. The summed E-state index contributed by atoms with van der Waals surface area (Å²) in [5.74, 6) is 1.48. The van der Waals surface area contributed by atoms with E-state index >= 15 is 0 Å². The Balaban J connectivity index is 1.55. The van der Waals surface area contributed by atoms with Gasteiger partial charge in [-0.3, -0.25) is 0 Å². The zero-order valence-electron chi connectivity index (χ0n) is 19.2. The maximum absolute atomic E-state index is 13.0. The minimum absolute atomic E-state index is 0.304. The van der Waals surface area contributed by atoms with Gasteiger partial charge in [0.05, 0.1) is 6.26 Å². The molecular formula is C28H28FNO3. The van der Waals surface area contributed by atoms with Gasteiger partial charge in [0.25, 0.3) is 0 Å². The van der Waals surface area contributed by atoms with Gasteiger partial charge in [-0.15, -0.1) is 0 Å². The molecule has 0 aliphatic carbocycles. The van der Waals surface area contributed by atoms with E-state index in [1.165, 1.54) is 12.1 Å². The molecule has 3 rings (SSSR count). The van der Waals surface area contributed by atoms with Crippen molar-refractivity contribution >= 4 is 11.5 Å². The monoisotopic (exact) mass is 445 g/mol. The summed E-state index contributed by atoms with van der Waals surface area (Å²) >= 11 is 0. The maximum atomic E-state index is 13.0. The highest BCUT2D eigenvalue weighted by molar-refractivity contribution is 5.98. The van der Waals surface area contributed by atoms with Crippen molar-refractivity contribution in [2.75, 3.05) is 6.61 Å². The molecule has 5 heteroatoms. The molecule has 0 unspecified atom stereocenters. The fraction of sp³-hybridized carbons (Fsp3) is 0.179. The van der Waals surface area contributed by atoms with Gasteiger partial charge in [0.15, 0.2) is 0 Å². The third kappa shape index (κ3) is 6.81. The summed E-state index contributed by atoms with van der Waals surface area (Å²) < 4.78 is 30.4. The van der Waals surface area contributed by atoms with Crippen LogP contribution in [0, 0.1) is 18.2 Å². The first-order valence-electron chi connectivity index (χ1n) is 10.6. The number of aryl methyl sites for hydroxylation is 1. The van der Waals surface area contributed by atoms with Crippen molar-refractivity contribution in [2.24, 2.45) is 0 Å². The van der Waals surface area contributed by atoms with Crippen LogP contribution < -0.4 is 9.47 Å². The van der Waals surface area contributed by atoms with E-state index in [4.69, 9.17) is 19.6 Å². The van der Waals surface area contributed by atoms with E-state index in [2.05, 4.69) is 6.58 Å². The first-order chi connectivity index (χ1) is 15.8. The van der Waals surface area contributed by atoms with Crippen molar-refractivity contribution in [2.45, 2.75) is 27.4 Å². The first kappa shape index (κ1) is 23.8. The van der Waals surface area contributed by atoms with Gasteiger partial charge in [-0.25, -0.2) is 4.39 Å². The Morgan fingerprint density at radius 3 is 2.33 bits per heavy atom. The van der Waals surface area contributed by atoms with Gasteiger partial charge in [-0.05, 0) is 73.9 Å². The molecule has 3 aromatic rings. The predicted molar refractivity (Wildman–Crippen MR) is 130 cm³/mol. The molecule has 0 saturated carbocycles. The molecule has 0 aliphatic heterocycles. The minimum Gasteiger partial charge on any atom is -0.489 e. The van der Waals surface area contributed by atoms with Crippen LogP contribution in [-0.4, -0.2) is 12.3 Å². The highest BCUT2D eigenvalue weighted by atomic mass is 19.1. The molecule has 0 atom stereocenters. The van der Waals surface area contributed by atoms with Gasteiger partial charge < -0.3 is 19.6 Å². The van der Waals surface area contributed by atoms with E-state index in [0.717, 1.165) is 22.3 Å². The molecule has 0 saturated heterocycles. The summed E-state index contributed by atoms with van der Waals surface area (Å²) in [5, 5.41) is 8.04. The molecule has 0 heterocycles. The smallest absolute Gasteiger partial charge is 0.126 e. The van der Waals surface area contributed by atoms with Crippen LogP contribution >= 0.6 is 0 Å². The number of halogens is 1. The molecule has 33 heavy (non-hydrogen) atoms. The lowest BCUT2D eigenvalue weighted by atomic mass is 9.99. The molecule has 0 amide bonds. The van der Waals surface area contributed by atoms with E-state index in [1.807, 2.05) is 56.3 Å². The quantitative estimate of drug-likeness (QED) is 0.268. The lowest BCUT2D eigenvalue weighted by Gasteiger charge is -2.14. The van der Waals surface area contributed by atoms with E-state index < -0.39 is 0 Å². The topological polar surface area (TPSA) is 51.5 Å². The van der Waals surface area contributed by atoms with E-state index in [9.17, 15) is 4.39 Å². The van der Waals surface area contributed by atoms with Crippen LogP contribution in [-0.2, 0) is 11.3 Å². The number of hydrogen-bond donors (Lipinski definition) is 1. The summed E-state index contributed by atoms with van der Waals surface area (Å²) in [6.45, 7) is 10.2. The number of benzene rings is 3. The van der Waals surface area contributed by atoms with Gasteiger partial charge in [-0.2, -0.15) is 0 Å². The first-order valence-corrected chi connectivity index (χ1v) is 10.6. The molecule has 0 spiro atoms. The Hall–Kier alpha value is -3.86. The minimum atomic E-state index is -0.304. The molecular weight excluding hydrogens is 417 g/mol. The Kier molecular flexibility index (Phi) is 8.03. The fourth-order valence-corrected chi connectivity index (χ4v) is 3.31. The Bertz CT molecular complexity index is 1170. The van der Waals surface area contributed by atoms with Crippen LogP contribution in [0.25, 0.3) is 5.76 Å². The summed E-state index contributed by atoms with van der Waals surface area (Å²) in [5.41, 5.74) is 5.05. The van der Waals surface area contributed by atoms with E-state index in [1.54, 1.807) is 25.3 Å². The van der Waals surface area contributed by atoms with Crippen molar-refractivity contribution in [3.8, 4) is 11.5 Å². The van der Waals surface area contributed by atoms with Gasteiger partial charge >= 0.3 is 0 Å². The molecule has 0 fully saturated rings. The Labute approximate surface area is 194 Å². The Morgan fingerprint density at radius 2 is 1.64 bits per heavy atom. The van der Waals surface area contributed by atoms with Crippen LogP contribution in [0.2, 0.25) is 0 Å². The van der Waals surface area contributed by atoms with Crippen molar-refractivity contribution in [1.29, 1.82) is 5.41 Å². The van der Waals surface area contributed by atoms with Gasteiger partial charge in [0.2, 0.25) is 0 Å². The van der Waals surface area contributed by atoms with Gasteiger partial charge in [-0.1, -0.05) is 30.8 Å². The second-order valence-electron chi connectivity index (χ2n) is 7.80. The van der Waals surface area contributed by atoms with Crippen molar-refractivity contribution < 1.29 is 18.6 Å². The molecule has 170 valence electrons. The second-order valence-corrected chi connectivity index (χ2v) is 7.80. The third-order valence-corrected chi connectivity index (χ3v) is 4.97. The van der Waals surface area contributed by atoms with Crippen molar-refractivity contribution in [3.63, 3.8) is 0 Å². The fourth-order valence-electron chi connectivity index (χ4n) is 3.31. The van der Waals surface area contributed by atoms with Crippen LogP contribution in [0.5, 0.6) is 11.5 Å². The maximum Gasteiger partial charge on any atom is 0.126 e. The highest BCUT2D eigenvalue weighted by Gasteiger charge is 2.09. The van der Waals surface area contributed by atoms with Crippen molar-refractivity contribution in [1.82, 2.24) is 0 Å². The zero-order chi connectivity index (χ0) is 23.8. The highest BCUT2D eigenvalue weighted by Crippen LogP contribution is 2.23. The van der Waals surface area contributed by atoms with Gasteiger partial charge in [0.1, 0.15) is 36.3 Å². The number of hydrogen-bond acceptors (Lipinski definition) is 4.